The molecule has 0 bridgehead atoms. The maximum absolute atomic E-state index is 11.3. The zero-order chi connectivity index (χ0) is 14.8. The van der Waals surface area contributed by atoms with Crippen LogP contribution >= 0.6 is 11.6 Å². The van der Waals surface area contributed by atoms with E-state index in [0.29, 0.717) is 16.5 Å². The van der Waals surface area contributed by atoms with Crippen molar-refractivity contribution in [3.8, 4) is 17.3 Å². The monoisotopic (exact) mass is 314 g/mol. The number of hydrogen-bond donors (Lipinski definition) is 1. The minimum atomic E-state index is -3.46. The summed E-state index contributed by atoms with van der Waals surface area (Å²) >= 11 is 5.80. The number of anilines is 1. The van der Waals surface area contributed by atoms with Crippen LogP contribution in [0.25, 0.3) is 11.4 Å². The van der Waals surface area contributed by atoms with E-state index in [1.165, 1.54) is 13.2 Å². The van der Waals surface area contributed by atoms with Gasteiger partial charge in [0.2, 0.25) is 10.0 Å². The SMILES string of the molecule is COc1nnc(-c2cccc(Cl)n2)cc1NS(C)(=O)=O. The minimum Gasteiger partial charge on any atom is -0.478 e. The number of aromatic nitrogens is 3. The van der Waals surface area contributed by atoms with Gasteiger partial charge in [0.1, 0.15) is 16.5 Å². The van der Waals surface area contributed by atoms with Gasteiger partial charge in [-0.25, -0.2) is 13.4 Å². The van der Waals surface area contributed by atoms with Crippen molar-refractivity contribution >= 4 is 27.3 Å². The van der Waals surface area contributed by atoms with Crippen molar-refractivity contribution in [2.45, 2.75) is 0 Å². The van der Waals surface area contributed by atoms with E-state index in [2.05, 4.69) is 19.9 Å². The van der Waals surface area contributed by atoms with E-state index in [1.807, 2.05) is 0 Å². The Bertz CT molecular complexity index is 736. The molecule has 1 N–H and O–H groups in total. The average Bonchev–Trinajstić information content (AvgIpc) is 2.37. The molecule has 0 fully saturated rings. The summed E-state index contributed by atoms with van der Waals surface area (Å²) < 4.78 is 29.9. The van der Waals surface area contributed by atoms with Gasteiger partial charge >= 0.3 is 0 Å². The smallest absolute Gasteiger partial charge is 0.257 e. The highest BCUT2D eigenvalue weighted by Crippen LogP contribution is 2.26. The Hall–Kier alpha value is -1.93. The number of nitrogens with zero attached hydrogens (tertiary/aromatic N) is 3. The third-order valence-electron chi connectivity index (χ3n) is 2.23. The highest BCUT2D eigenvalue weighted by Gasteiger charge is 2.13. The van der Waals surface area contributed by atoms with Crippen LogP contribution in [0.1, 0.15) is 0 Å². The molecule has 0 saturated carbocycles. The van der Waals surface area contributed by atoms with Gasteiger partial charge in [-0.3, -0.25) is 4.72 Å². The molecule has 0 amide bonds. The normalized spacial score (nSPS) is 11.2. The number of methoxy groups -OCH3 is 1. The molecule has 20 heavy (non-hydrogen) atoms. The standard InChI is InChI=1S/C11H11ClN4O3S/c1-19-11-9(16-20(2,17)18)6-8(14-15-11)7-4-3-5-10(12)13-7/h3-6H,1-2H3,(H,14,16). The molecule has 0 aliphatic rings. The van der Waals surface area contributed by atoms with Gasteiger partial charge in [0.25, 0.3) is 5.88 Å². The highest BCUT2D eigenvalue weighted by molar-refractivity contribution is 7.92. The molecule has 7 nitrogen and oxygen atoms in total. The third kappa shape index (κ3) is 3.55. The van der Waals surface area contributed by atoms with Gasteiger partial charge in [0.05, 0.1) is 19.1 Å². The summed E-state index contributed by atoms with van der Waals surface area (Å²) in [6.07, 6.45) is 1.03. The Kier molecular flexibility index (Phi) is 4.05. The van der Waals surface area contributed by atoms with E-state index >= 15 is 0 Å². The highest BCUT2D eigenvalue weighted by atomic mass is 35.5. The van der Waals surface area contributed by atoms with Crippen LogP contribution in [0.3, 0.4) is 0 Å². The van der Waals surface area contributed by atoms with Crippen LogP contribution in [0.4, 0.5) is 5.69 Å². The van der Waals surface area contributed by atoms with Gasteiger partial charge < -0.3 is 4.74 Å². The first kappa shape index (κ1) is 14.5. The van der Waals surface area contributed by atoms with Crippen LogP contribution in [0.5, 0.6) is 5.88 Å². The van der Waals surface area contributed by atoms with Crippen molar-refractivity contribution in [2.75, 3.05) is 18.1 Å². The van der Waals surface area contributed by atoms with Crippen molar-refractivity contribution in [1.29, 1.82) is 0 Å². The van der Waals surface area contributed by atoms with Crippen molar-refractivity contribution in [1.82, 2.24) is 15.2 Å². The summed E-state index contributed by atoms with van der Waals surface area (Å²) in [4.78, 5) is 4.08. The van der Waals surface area contributed by atoms with E-state index in [0.717, 1.165) is 6.26 Å². The Balaban J connectivity index is 2.49. The summed E-state index contributed by atoms with van der Waals surface area (Å²) in [6, 6.07) is 6.50. The predicted octanol–water partition coefficient (Wildman–Crippen LogP) is 1.57. The van der Waals surface area contributed by atoms with Gasteiger partial charge in [0.15, 0.2) is 0 Å². The Labute approximate surface area is 121 Å². The van der Waals surface area contributed by atoms with E-state index in [-0.39, 0.29) is 11.6 Å². The van der Waals surface area contributed by atoms with Gasteiger partial charge in [-0.1, -0.05) is 17.7 Å². The third-order valence-corrected chi connectivity index (χ3v) is 3.03. The van der Waals surface area contributed by atoms with Crippen LogP contribution in [0.15, 0.2) is 24.3 Å². The van der Waals surface area contributed by atoms with Crippen LogP contribution in [0, 0.1) is 0 Å². The van der Waals surface area contributed by atoms with Crippen LogP contribution < -0.4 is 9.46 Å². The van der Waals surface area contributed by atoms with Crippen molar-refractivity contribution in [3.63, 3.8) is 0 Å². The fourth-order valence-corrected chi connectivity index (χ4v) is 2.19. The average molecular weight is 315 g/mol. The molecule has 2 heterocycles. The summed E-state index contributed by atoms with van der Waals surface area (Å²) in [5, 5.41) is 8.03. The molecule has 0 saturated heterocycles. The van der Waals surface area contributed by atoms with Crippen molar-refractivity contribution in [2.24, 2.45) is 0 Å². The summed E-state index contributed by atoms with van der Waals surface area (Å²) in [7, 11) is -2.09. The molecule has 106 valence electrons. The first-order valence-electron chi connectivity index (χ1n) is 5.41. The van der Waals surface area contributed by atoms with E-state index in [1.54, 1.807) is 18.2 Å². The van der Waals surface area contributed by atoms with Gasteiger partial charge in [0, 0.05) is 0 Å². The molecule has 0 spiro atoms. The fraction of sp³-hybridized carbons (Fsp3) is 0.182. The predicted molar refractivity (Wildman–Crippen MR) is 75.3 cm³/mol. The summed E-state index contributed by atoms with van der Waals surface area (Å²) in [5.74, 6) is 0.0706. The van der Waals surface area contributed by atoms with Gasteiger partial charge in [-0.05, 0) is 18.2 Å². The first-order chi connectivity index (χ1) is 9.39. The first-order valence-corrected chi connectivity index (χ1v) is 7.68. The zero-order valence-corrected chi connectivity index (χ0v) is 12.2. The second kappa shape index (κ2) is 5.59. The molecule has 0 aromatic carbocycles. The second-order valence-corrected chi connectivity index (χ2v) is 6.01. The number of halogens is 1. The lowest BCUT2D eigenvalue weighted by molar-refractivity contribution is 0.394. The number of ether oxygens (including phenoxy) is 1. The molecule has 0 aliphatic heterocycles. The fourth-order valence-electron chi connectivity index (χ4n) is 1.48. The molecule has 0 atom stereocenters. The number of nitrogens with one attached hydrogen (secondary N) is 1. The van der Waals surface area contributed by atoms with E-state index in [4.69, 9.17) is 16.3 Å². The molecule has 0 unspecified atom stereocenters. The van der Waals surface area contributed by atoms with Crippen molar-refractivity contribution in [3.05, 3.63) is 29.4 Å². The Morgan fingerprint density at radius 3 is 2.60 bits per heavy atom. The lowest BCUT2D eigenvalue weighted by Crippen LogP contribution is -2.11. The second-order valence-electron chi connectivity index (χ2n) is 3.87. The summed E-state index contributed by atoms with van der Waals surface area (Å²) in [6.45, 7) is 0. The Morgan fingerprint density at radius 1 is 1.25 bits per heavy atom. The van der Waals surface area contributed by atoms with Crippen LogP contribution in [0.2, 0.25) is 5.15 Å². The lowest BCUT2D eigenvalue weighted by atomic mass is 10.2. The number of hydrogen-bond acceptors (Lipinski definition) is 6. The molecule has 2 aromatic heterocycles. The Morgan fingerprint density at radius 2 is 2.00 bits per heavy atom. The number of pyridine rings is 1. The topological polar surface area (TPSA) is 94.1 Å². The van der Waals surface area contributed by atoms with Crippen LogP contribution in [-0.2, 0) is 10.0 Å². The zero-order valence-electron chi connectivity index (χ0n) is 10.7. The largest absolute Gasteiger partial charge is 0.478 e. The molecule has 2 rings (SSSR count). The molecule has 0 aliphatic carbocycles. The molecule has 2 aromatic rings. The van der Waals surface area contributed by atoms with Crippen LogP contribution in [-0.4, -0.2) is 37.0 Å². The maximum Gasteiger partial charge on any atom is 0.257 e. The number of sulfonamides is 1. The minimum absolute atomic E-state index is 0.0706. The molecular weight excluding hydrogens is 304 g/mol. The summed E-state index contributed by atoms with van der Waals surface area (Å²) in [5.41, 5.74) is 1.03. The van der Waals surface area contributed by atoms with Gasteiger partial charge in [-0.2, -0.15) is 0 Å². The van der Waals surface area contributed by atoms with Gasteiger partial charge in [-0.15, -0.1) is 10.2 Å². The molecule has 9 heteroatoms. The lowest BCUT2D eigenvalue weighted by Gasteiger charge is -2.09. The maximum atomic E-state index is 11.3. The van der Waals surface area contributed by atoms with E-state index < -0.39 is 10.0 Å². The van der Waals surface area contributed by atoms with E-state index in [9.17, 15) is 8.42 Å². The number of rotatable bonds is 4. The van der Waals surface area contributed by atoms with Crippen molar-refractivity contribution < 1.29 is 13.2 Å². The molecule has 0 radical (unpaired) electrons. The molecular formula is C11H11ClN4O3S. The quantitative estimate of drug-likeness (QED) is 0.861.